The summed E-state index contributed by atoms with van der Waals surface area (Å²) in [4.78, 5) is 2.45. The van der Waals surface area contributed by atoms with Gasteiger partial charge in [-0.2, -0.15) is 0 Å². The number of fused-ring (bicyclic) bond motifs is 1. The van der Waals surface area contributed by atoms with Crippen molar-refractivity contribution >= 4 is 10.9 Å². The van der Waals surface area contributed by atoms with Crippen LogP contribution < -0.4 is 5.32 Å². The van der Waals surface area contributed by atoms with E-state index >= 15 is 0 Å². The Morgan fingerprint density at radius 2 is 2.00 bits per heavy atom. The van der Waals surface area contributed by atoms with Crippen LogP contribution in [-0.2, 0) is 13.1 Å². The van der Waals surface area contributed by atoms with Crippen molar-refractivity contribution in [3.05, 3.63) is 35.8 Å². The van der Waals surface area contributed by atoms with Gasteiger partial charge >= 0.3 is 0 Å². The summed E-state index contributed by atoms with van der Waals surface area (Å²) in [7, 11) is 0. The largest absolute Gasteiger partial charge is 0.344 e. The predicted molar refractivity (Wildman–Crippen MR) is 75.7 cm³/mol. The number of nitrogens with zero attached hydrogens (tertiary/aromatic N) is 2. The highest BCUT2D eigenvalue weighted by atomic mass is 19.1. The molecule has 1 aliphatic heterocycles. The number of aromatic nitrogens is 1. The zero-order valence-corrected chi connectivity index (χ0v) is 11.3. The zero-order valence-electron chi connectivity index (χ0n) is 11.3. The number of halogens is 1. The average Bonchev–Trinajstić information content (AvgIpc) is 2.76. The fourth-order valence-electron chi connectivity index (χ4n) is 2.90. The maximum atomic E-state index is 13.3. The van der Waals surface area contributed by atoms with Gasteiger partial charge in [-0.05, 0) is 31.2 Å². The summed E-state index contributed by atoms with van der Waals surface area (Å²) in [5.41, 5.74) is 2.42. The molecule has 1 aliphatic rings. The van der Waals surface area contributed by atoms with E-state index in [1.165, 1.54) is 5.69 Å². The van der Waals surface area contributed by atoms with Crippen molar-refractivity contribution in [3.8, 4) is 0 Å². The molecule has 1 aromatic heterocycles. The van der Waals surface area contributed by atoms with Gasteiger partial charge in [-0.25, -0.2) is 4.39 Å². The number of nitrogens with one attached hydrogen (secondary N) is 1. The highest BCUT2D eigenvalue weighted by molar-refractivity contribution is 5.81. The maximum absolute atomic E-state index is 13.3. The van der Waals surface area contributed by atoms with E-state index in [4.69, 9.17) is 0 Å². The van der Waals surface area contributed by atoms with Gasteiger partial charge in [0.25, 0.3) is 0 Å². The second kappa shape index (κ2) is 5.31. The summed E-state index contributed by atoms with van der Waals surface area (Å²) < 4.78 is 15.6. The second-order valence-corrected chi connectivity index (χ2v) is 5.11. The molecule has 3 rings (SSSR count). The van der Waals surface area contributed by atoms with Crippen LogP contribution in [0.4, 0.5) is 4.39 Å². The molecule has 0 radical (unpaired) electrons. The summed E-state index contributed by atoms with van der Waals surface area (Å²) in [6.07, 6.45) is 0. The Labute approximate surface area is 113 Å². The molecule has 19 heavy (non-hydrogen) atoms. The van der Waals surface area contributed by atoms with Crippen LogP contribution >= 0.6 is 0 Å². The summed E-state index contributed by atoms with van der Waals surface area (Å²) >= 11 is 0. The van der Waals surface area contributed by atoms with E-state index in [0.29, 0.717) is 0 Å². The van der Waals surface area contributed by atoms with Crippen molar-refractivity contribution in [3.63, 3.8) is 0 Å². The number of aryl methyl sites for hydroxylation is 1. The van der Waals surface area contributed by atoms with Crippen LogP contribution in [0.2, 0.25) is 0 Å². The highest BCUT2D eigenvalue weighted by Crippen LogP contribution is 2.22. The van der Waals surface area contributed by atoms with Crippen molar-refractivity contribution in [2.75, 3.05) is 26.2 Å². The van der Waals surface area contributed by atoms with Crippen LogP contribution in [0, 0.1) is 5.82 Å². The van der Waals surface area contributed by atoms with Crippen LogP contribution in [-0.4, -0.2) is 35.6 Å². The Morgan fingerprint density at radius 1 is 1.21 bits per heavy atom. The number of rotatable bonds is 3. The molecular formula is C15H20FN3. The first-order valence-electron chi connectivity index (χ1n) is 6.98. The van der Waals surface area contributed by atoms with E-state index in [1.807, 2.05) is 6.07 Å². The number of piperazine rings is 1. The van der Waals surface area contributed by atoms with Gasteiger partial charge in [-0.1, -0.05) is 0 Å². The zero-order chi connectivity index (χ0) is 13.2. The fraction of sp³-hybridized carbons (Fsp3) is 0.467. The topological polar surface area (TPSA) is 20.2 Å². The first kappa shape index (κ1) is 12.6. The fourth-order valence-corrected chi connectivity index (χ4v) is 2.90. The molecule has 0 saturated carbocycles. The minimum atomic E-state index is -0.158. The number of hydrogen-bond acceptors (Lipinski definition) is 2. The Hall–Kier alpha value is -1.39. The van der Waals surface area contributed by atoms with Gasteiger partial charge in [0.1, 0.15) is 5.82 Å². The Bertz CT molecular complexity index is 570. The maximum Gasteiger partial charge on any atom is 0.123 e. The molecule has 1 fully saturated rings. The van der Waals surface area contributed by atoms with Gasteiger partial charge in [-0.15, -0.1) is 0 Å². The Morgan fingerprint density at radius 3 is 2.74 bits per heavy atom. The molecule has 0 atom stereocenters. The van der Waals surface area contributed by atoms with Crippen LogP contribution in [0.3, 0.4) is 0 Å². The molecule has 2 heterocycles. The molecule has 3 nitrogen and oxygen atoms in total. The standard InChI is InChI=1S/C15H20FN3/c1-2-19-14(11-18-7-5-17-6-8-18)10-12-9-13(16)3-4-15(12)19/h3-4,9-10,17H,2,5-8,11H2,1H3. The smallest absolute Gasteiger partial charge is 0.123 e. The molecule has 0 unspecified atom stereocenters. The van der Waals surface area contributed by atoms with E-state index in [2.05, 4.69) is 27.8 Å². The van der Waals surface area contributed by atoms with Gasteiger partial charge in [-0.3, -0.25) is 4.90 Å². The van der Waals surface area contributed by atoms with Crippen LogP contribution in [0.25, 0.3) is 10.9 Å². The molecular weight excluding hydrogens is 241 g/mol. The van der Waals surface area contributed by atoms with E-state index in [0.717, 1.165) is 50.2 Å². The first-order chi connectivity index (χ1) is 9.28. The Kier molecular flexibility index (Phi) is 3.53. The third-order valence-corrected chi connectivity index (χ3v) is 3.86. The predicted octanol–water partition coefficient (Wildman–Crippen LogP) is 2.21. The van der Waals surface area contributed by atoms with Crippen molar-refractivity contribution in [1.82, 2.24) is 14.8 Å². The Balaban J connectivity index is 1.93. The molecule has 102 valence electrons. The molecule has 1 N–H and O–H groups in total. The van der Waals surface area contributed by atoms with Crippen molar-refractivity contribution in [1.29, 1.82) is 0 Å². The summed E-state index contributed by atoms with van der Waals surface area (Å²) in [6.45, 7) is 8.30. The van der Waals surface area contributed by atoms with Gasteiger partial charge in [0.15, 0.2) is 0 Å². The van der Waals surface area contributed by atoms with Crippen LogP contribution in [0.1, 0.15) is 12.6 Å². The van der Waals surface area contributed by atoms with Crippen molar-refractivity contribution < 1.29 is 4.39 Å². The minimum absolute atomic E-state index is 0.158. The lowest BCUT2D eigenvalue weighted by Crippen LogP contribution is -2.43. The number of benzene rings is 1. The molecule has 0 bridgehead atoms. The molecule has 2 aromatic rings. The molecule has 0 aliphatic carbocycles. The normalized spacial score (nSPS) is 17.2. The summed E-state index contributed by atoms with van der Waals surface area (Å²) in [6, 6.07) is 7.19. The van der Waals surface area contributed by atoms with E-state index in [9.17, 15) is 4.39 Å². The molecule has 1 aromatic carbocycles. The minimum Gasteiger partial charge on any atom is -0.344 e. The van der Waals surface area contributed by atoms with Gasteiger partial charge in [0, 0.05) is 55.9 Å². The summed E-state index contributed by atoms with van der Waals surface area (Å²) in [5.74, 6) is -0.158. The SMILES string of the molecule is CCn1c(CN2CCNCC2)cc2cc(F)ccc21. The molecule has 4 heteroatoms. The van der Waals surface area contributed by atoms with E-state index in [1.54, 1.807) is 12.1 Å². The third kappa shape index (κ3) is 2.51. The van der Waals surface area contributed by atoms with Gasteiger partial charge < -0.3 is 9.88 Å². The third-order valence-electron chi connectivity index (χ3n) is 3.86. The lowest BCUT2D eigenvalue weighted by Gasteiger charge is -2.27. The first-order valence-corrected chi connectivity index (χ1v) is 6.98. The lowest BCUT2D eigenvalue weighted by atomic mass is 10.2. The molecule has 0 spiro atoms. The summed E-state index contributed by atoms with van der Waals surface area (Å²) in [5, 5.41) is 4.37. The second-order valence-electron chi connectivity index (χ2n) is 5.11. The highest BCUT2D eigenvalue weighted by Gasteiger charge is 2.14. The van der Waals surface area contributed by atoms with Gasteiger partial charge in [0.2, 0.25) is 0 Å². The van der Waals surface area contributed by atoms with Crippen LogP contribution in [0.5, 0.6) is 0 Å². The quantitative estimate of drug-likeness (QED) is 0.914. The van der Waals surface area contributed by atoms with Crippen LogP contribution in [0.15, 0.2) is 24.3 Å². The van der Waals surface area contributed by atoms with Gasteiger partial charge in [0.05, 0.1) is 0 Å². The lowest BCUT2D eigenvalue weighted by molar-refractivity contribution is 0.228. The van der Waals surface area contributed by atoms with E-state index < -0.39 is 0 Å². The number of hydrogen-bond donors (Lipinski definition) is 1. The average molecular weight is 261 g/mol. The molecule has 1 saturated heterocycles. The van der Waals surface area contributed by atoms with E-state index in [-0.39, 0.29) is 5.82 Å². The van der Waals surface area contributed by atoms with Crippen molar-refractivity contribution in [2.24, 2.45) is 0 Å². The molecule has 0 amide bonds. The van der Waals surface area contributed by atoms with Crippen molar-refractivity contribution in [2.45, 2.75) is 20.0 Å². The monoisotopic (exact) mass is 261 g/mol.